The summed E-state index contributed by atoms with van der Waals surface area (Å²) >= 11 is 0. The summed E-state index contributed by atoms with van der Waals surface area (Å²) in [6, 6.07) is 4.09. The second kappa shape index (κ2) is 4.40. The van der Waals surface area contributed by atoms with Gasteiger partial charge in [0.05, 0.1) is 12.7 Å². The van der Waals surface area contributed by atoms with Gasteiger partial charge < -0.3 is 5.73 Å². The van der Waals surface area contributed by atoms with Gasteiger partial charge in [-0.2, -0.15) is 5.10 Å². The Morgan fingerprint density at radius 2 is 2.12 bits per heavy atom. The van der Waals surface area contributed by atoms with Crippen molar-refractivity contribution in [1.29, 1.82) is 0 Å². The highest BCUT2D eigenvalue weighted by Gasteiger charge is 2.08. The van der Waals surface area contributed by atoms with Gasteiger partial charge >= 0.3 is 0 Å². The van der Waals surface area contributed by atoms with Crippen LogP contribution in [-0.4, -0.2) is 9.78 Å². The van der Waals surface area contributed by atoms with E-state index >= 15 is 0 Å². The lowest BCUT2D eigenvalue weighted by Gasteiger charge is -2.03. The van der Waals surface area contributed by atoms with Gasteiger partial charge in [0.25, 0.3) is 0 Å². The lowest BCUT2D eigenvalue weighted by molar-refractivity contribution is 0.492. The van der Waals surface area contributed by atoms with Gasteiger partial charge in [0.15, 0.2) is 11.6 Å². The van der Waals surface area contributed by atoms with E-state index < -0.39 is 11.6 Å². The van der Waals surface area contributed by atoms with Crippen molar-refractivity contribution in [3.63, 3.8) is 0 Å². The van der Waals surface area contributed by atoms with Gasteiger partial charge in [0.1, 0.15) is 0 Å². The Hall–Kier alpha value is -1.75. The fourth-order valence-electron chi connectivity index (χ4n) is 1.44. The molecule has 2 rings (SSSR count). The van der Waals surface area contributed by atoms with Crippen LogP contribution in [0.2, 0.25) is 0 Å². The molecule has 0 radical (unpaired) electrons. The average Bonchev–Trinajstić information content (AvgIpc) is 2.73. The van der Waals surface area contributed by atoms with Crippen molar-refractivity contribution in [1.82, 2.24) is 9.78 Å². The van der Waals surface area contributed by atoms with Gasteiger partial charge in [-0.3, -0.25) is 4.68 Å². The molecule has 0 bridgehead atoms. The summed E-state index contributed by atoms with van der Waals surface area (Å²) in [4.78, 5) is 0. The van der Waals surface area contributed by atoms with Gasteiger partial charge in [-0.25, -0.2) is 8.78 Å². The molecule has 84 valence electrons. The molecule has 0 saturated heterocycles. The van der Waals surface area contributed by atoms with Crippen molar-refractivity contribution >= 4 is 0 Å². The Kier molecular flexibility index (Phi) is 2.96. The molecule has 5 heteroatoms. The van der Waals surface area contributed by atoms with Gasteiger partial charge in [-0.15, -0.1) is 0 Å². The van der Waals surface area contributed by atoms with Crippen molar-refractivity contribution in [3.8, 4) is 0 Å². The average molecular weight is 223 g/mol. The number of nitrogens with zero attached hydrogens (tertiary/aromatic N) is 2. The van der Waals surface area contributed by atoms with Crippen LogP contribution in [-0.2, 0) is 13.1 Å². The molecule has 0 spiro atoms. The summed E-state index contributed by atoms with van der Waals surface area (Å²) in [5.41, 5.74) is 6.55. The predicted molar refractivity (Wildman–Crippen MR) is 55.6 cm³/mol. The van der Waals surface area contributed by atoms with Crippen LogP contribution in [0, 0.1) is 11.6 Å². The zero-order chi connectivity index (χ0) is 11.5. The molecular formula is C11H11F2N3. The van der Waals surface area contributed by atoms with Gasteiger partial charge in [-0.1, -0.05) is 12.1 Å². The summed E-state index contributed by atoms with van der Waals surface area (Å²) in [7, 11) is 0. The first-order chi connectivity index (χ1) is 7.70. The van der Waals surface area contributed by atoms with E-state index in [0.717, 1.165) is 11.6 Å². The third-order valence-electron chi connectivity index (χ3n) is 2.29. The normalized spacial score (nSPS) is 10.7. The van der Waals surface area contributed by atoms with Crippen LogP contribution in [0.5, 0.6) is 0 Å². The van der Waals surface area contributed by atoms with Crippen LogP contribution in [0.25, 0.3) is 0 Å². The standard InChI is InChI=1S/C11H11F2N3/c12-10-3-1-2-9(11(10)13)7-16-6-8(4-14)5-15-16/h1-3,5-6H,4,7,14H2. The van der Waals surface area contributed by atoms with Gasteiger partial charge in [0.2, 0.25) is 0 Å². The fraction of sp³-hybridized carbons (Fsp3) is 0.182. The second-order valence-corrected chi connectivity index (χ2v) is 3.46. The summed E-state index contributed by atoms with van der Waals surface area (Å²) < 4.78 is 27.8. The molecule has 2 aromatic rings. The quantitative estimate of drug-likeness (QED) is 0.860. The molecule has 1 aromatic carbocycles. The Morgan fingerprint density at radius 1 is 1.31 bits per heavy atom. The maximum Gasteiger partial charge on any atom is 0.163 e. The van der Waals surface area contributed by atoms with Crippen LogP contribution in [0.4, 0.5) is 8.78 Å². The first-order valence-corrected chi connectivity index (χ1v) is 4.85. The lowest BCUT2D eigenvalue weighted by atomic mass is 10.2. The number of halogens is 2. The number of benzene rings is 1. The third kappa shape index (κ3) is 2.09. The molecule has 1 heterocycles. The van der Waals surface area contributed by atoms with E-state index in [4.69, 9.17) is 5.73 Å². The Labute approximate surface area is 91.5 Å². The smallest absolute Gasteiger partial charge is 0.163 e. The largest absolute Gasteiger partial charge is 0.326 e. The zero-order valence-electron chi connectivity index (χ0n) is 8.53. The van der Waals surface area contributed by atoms with E-state index in [2.05, 4.69) is 5.10 Å². The third-order valence-corrected chi connectivity index (χ3v) is 2.29. The first-order valence-electron chi connectivity index (χ1n) is 4.85. The summed E-state index contributed by atoms with van der Waals surface area (Å²) in [5, 5.41) is 4.00. The molecule has 0 amide bonds. The minimum Gasteiger partial charge on any atom is -0.326 e. The molecule has 1 aromatic heterocycles. The molecule has 0 aliphatic carbocycles. The summed E-state index contributed by atoms with van der Waals surface area (Å²) in [6.45, 7) is 0.579. The highest BCUT2D eigenvalue weighted by Crippen LogP contribution is 2.12. The summed E-state index contributed by atoms with van der Waals surface area (Å²) in [5.74, 6) is -1.67. The number of hydrogen-bond donors (Lipinski definition) is 1. The number of aromatic nitrogens is 2. The van der Waals surface area contributed by atoms with Crippen molar-refractivity contribution in [2.45, 2.75) is 13.1 Å². The van der Waals surface area contributed by atoms with Crippen LogP contribution >= 0.6 is 0 Å². The van der Waals surface area contributed by atoms with E-state index in [1.165, 1.54) is 16.8 Å². The van der Waals surface area contributed by atoms with E-state index in [1.807, 2.05) is 0 Å². The highest BCUT2D eigenvalue weighted by atomic mass is 19.2. The minimum absolute atomic E-state index is 0.198. The minimum atomic E-state index is -0.844. The van der Waals surface area contributed by atoms with Crippen molar-refractivity contribution in [2.75, 3.05) is 0 Å². The van der Waals surface area contributed by atoms with Gasteiger partial charge in [-0.05, 0) is 6.07 Å². The molecule has 16 heavy (non-hydrogen) atoms. The highest BCUT2D eigenvalue weighted by molar-refractivity contribution is 5.19. The molecule has 3 nitrogen and oxygen atoms in total. The predicted octanol–water partition coefficient (Wildman–Crippen LogP) is 1.67. The van der Waals surface area contributed by atoms with Crippen molar-refractivity contribution in [2.24, 2.45) is 5.73 Å². The van der Waals surface area contributed by atoms with Crippen molar-refractivity contribution < 1.29 is 8.78 Å². The molecule has 0 fully saturated rings. The van der Waals surface area contributed by atoms with E-state index in [0.29, 0.717) is 6.54 Å². The molecule has 2 N–H and O–H groups in total. The van der Waals surface area contributed by atoms with E-state index in [-0.39, 0.29) is 12.1 Å². The van der Waals surface area contributed by atoms with E-state index in [1.54, 1.807) is 12.4 Å². The van der Waals surface area contributed by atoms with Crippen LogP contribution in [0.1, 0.15) is 11.1 Å². The van der Waals surface area contributed by atoms with Crippen LogP contribution < -0.4 is 5.73 Å². The Morgan fingerprint density at radius 3 is 2.81 bits per heavy atom. The van der Waals surface area contributed by atoms with E-state index in [9.17, 15) is 8.78 Å². The molecule has 0 aliphatic rings. The Balaban J connectivity index is 2.23. The van der Waals surface area contributed by atoms with Gasteiger partial charge in [0, 0.05) is 23.9 Å². The molecule has 0 unspecified atom stereocenters. The number of rotatable bonds is 3. The fourth-order valence-corrected chi connectivity index (χ4v) is 1.44. The Bertz CT molecular complexity index is 494. The zero-order valence-corrected chi connectivity index (χ0v) is 8.53. The SMILES string of the molecule is NCc1cnn(Cc2cccc(F)c2F)c1. The maximum atomic E-state index is 13.3. The first kappa shape index (κ1) is 10.8. The molecule has 0 aliphatic heterocycles. The van der Waals surface area contributed by atoms with Crippen LogP contribution in [0.15, 0.2) is 30.6 Å². The maximum absolute atomic E-state index is 13.3. The molecule has 0 saturated carbocycles. The second-order valence-electron chi connectivity index (χ2n) is 3.46. The molecule has 0 atom stereocenters. The van der Waals surface area contributed by atoms with Crippen molar-refractivity contribution in [3.05, 3.63) is 53.4 Å². The molecular weight excluding hydrogens is 212 g/mol. The summed E-state index contributed by atoms with van der Waals surface area (Å²) in [6.07, 6.45) is 3.32. The number of nitrogens with two attached hydrogens (primary N) is 1. The monoisotopic (exact) mass is 223 g/mol. The van der Waals surface area contributed by atoms with Crippen LogP contribution in [0.3, 0.4) is 0 Å². The topological polar surface area (TPSA) is 43.8 Å². The number of hydrogen-bond acceptors (Lipinski definition) is 2. The lowest BCUT2D eigenvalue weighted by Crippen LogP contribution is -2.03.